The number of Topliss-reactive ketones (excluding diaryl/α,β-unsaturated/α-hetero) is 1. The second kappa shape index (κ2) is 9.79. The molecule has 0 aliphatic heterocycles. The Hall–Kier alpha value is -4.49. The third-order valence-corrected chi connectivity index (χ3v) is 6.13. The summed E-state index contributed by atoms with van der Waals surface area (Å²) in [4.78, 5) is 32.4. The van der Waals surface area contributed by atoms with Gasteiger partial charge in [0.25, 0.3) is 0 Å². The minimum Gasteiger partial charge on any atom is -0.366 e. The molecule has 3 aromatic carbocycles. The Labute approximate surface area is 202 Å². The molecule has 5 rings (SSSR count). The van der Waals surface area contributed by atoms with Crippen molar-refractivity contribution in [2.75, 3.05) is 6.54 Å². The number of ketones is 1. The highest BCUT2D eigenvalue weighted by atomic mass is 16.1. The highest BCUT2D eigenvalue weighted by Crippen LogP contribution is 2.26. The Morgan fingerprint density at radius 3 is 2.54 bits per heavy atom. The van der Waals surface area contributed by atoms with Crippen LogP contribution in [0.5, 0.6) is 0 Å². The van der Waals surface area contributed by atoms with Crippen molar-refractivity contribution in [3.63, 3.8) is 0 Å². The lowest BCUT2D eigenvalue weighted by Gasteiger charge is -2.18. The molecule has 0 unspecified atom stereocenters. The van der Waals surface area contributed by atoms with Crippen LogP contribution in [0.4, 0.5) is 0 Å². The van der Waals surface area contributed by atoms with Crippen LogP contribution in [0, 0.1) is 0 Å². The van der Waals surface area contributed by atoms with Gasteiger partial charge in [0.05, 0.1) is 12.4 Å². The van der Waals surface area contributed by atoms with Gasteiger partial charge in [0.15, 0.2) is 5.78 Å². The van der Waals surface area contributed by atoms with E-state index in [-0.39, 0.29) is 5.78 Å². The lowest BCUT2D eigenvalue weighted by Crippen LogP contribution is -2.30. The average Bonchev–Trinajstić information content (AvgIpc) is 3.57. The van der Waals surface area contributed by atoms with Crippen LogP contribution in [0.15, 0.2) is 97.7 Å². The Morgan fingerprint density at radius 2 is 1.83 bits per heavy atom. The number of primary amides is 1. The minimum atomic E-state index is -0.492. The second-order valence-corrected chi connectivity index (χ2v) is 8.38. The van der Waals surface area contributed by atoms with Gasteiger partial charge in [-0.2, -0.15) is 0 Å². The normalized spacial score (nSPS) is 12.0. The van der Waals surface area contributed by atoms with Gasteiger partial charge in [0, 0.05) is 52.9 Å². The summed E-state index contributed by atoms with van der Waals surface area (Å²) in [5, 5.41) is 4.32. The fourth-order valence-corrected chi connectivity index (χ4v) is 4.25. The van der Waals surface area contributed by atoms with Crippen molar-refractivity contribution in [2.45, 2.75) is 12.5 Å². The zero-order chi connectivity index (χ0) is 24.2. The van der Waals surface area contributed by atoms with Crippen LogP contribution >= 0.6 is 0 Å². The fraction of sp³-hybridized carbons (Fsp3) is 0.107. The van der Waals surface area contributed by atoms with Crippen LogP contribution in [0.3, 0.4) is 0 Å². The summed E-state index contributed by atoms with van der Waals surface area (Å²) in [6.07, 6.45) is 7.85. The van der Waals surface area contributed by atoms with Crippen molar-refractivity contribution >= 4 is 22.6 Å². The number of amides is 1. The maximum atomic E-state index is 13.7. The van der Waals surface area contributed by atoms with Gasteiger partial charge in [0.2, 0.25) is 5.91 Å². The van der Waals surface area contributed by atoms with Crippen LogP contribution < -0.4 is 11.1 Å². The Bertz CT molecular complexity index is 1450. The number of aromatic nitrogens is 3. The number of imidazole rings is 1. The third kappa shape index (κ3) is 4.76. The second-order valence-electron chi connectivity index (χ2n) is 8.38. The zero-order valence-electron chi connectivity index (χ0n) is 19.0. The zero-order valence-corrected chi connectivity index (χ0v) is 19.0. The first-order chi connectivity index (χ1) is 17.1. The maximum Gasteiger partial charge on any atom is 0.248 e. The number of aromatic amines is 1. The summed E-state index contributed by atoms with van der Waals surface area (Å²) in [6.45, 7) is 0.592. The van der Waals surface area contributed by atoms with Gasteiger partial charge >= 0.3 is 0 Å². The molecule has 0 saturated heterocycles. The summed E-state index contributed by atoms with van der Waals surface area (Å²) in [6, 6.07) is 22.4. The SMILES string of the molecule is NC(=O)c1ccc(CCN[C@@H](C(=O)c2c[nH]c3cc(-n4ccnc4)ccc23)c2ccccc2)cc1. The number of nitrogens with two attached hydrogens (primary N) is 1. The third-order valence-electron chi connectivity index (χ3n) is 6.13. The summed E-state index contributed by atoms with van der Waals surface area (Å²) >= 11 is 0. The number of nitrogens with zero attached hydrogens (tertiary/aromatic N) is 2. The van der Waals surface area contributed by atoms with Crippen molar-refractivity contribution in [1.82, 2.24) is 19.9 Å². The van der Waals surface area contributed by atoms with Gasteiger partial charge in [-0.3, -0.25) is 9.59 Å². The van der Waals surface area contributed by atoms with E-state index in [0.29, 0.717) is 24.1 Å². The molecule has 1 atom stereocenters. The van der Waals surface area contributed by atoms with E-state index < -0.39 is 11.9 Å². The van der Waals surface area contributed by atoms with Gasteiger partial charge in [0.1, 0.15) is 0 Å². The molecule has 7 nitrogen and oxygen atoms in total. The van der Waals surface area contributed by atoms with Crippen molar-refractivity contribution in [3.05, 3.63) is 120 Å². The highest BCUT2D eigenvalue weighted by molar-refractivity contribution is 6.10. The molecule has 4 N–H and O–H groups in total. The molecule has 2 aromatic heterocycles. The van der Waals surface area contributed by atoms with Crippen LogP contribution in [-0.2, 0) is 6.42 Å². The number of nitrogens with one attached hydrogen (secondary N) is 2. The molecule has 174 valence electrons. The van der Waals surface area contributed by atoms with Crippen molar-refractivity contribution in [2.24, 2.45) is 5.73 Å². The van der Waals surface area contributed by atoms with E-state index in [0.717, 1.165) is 27.7 Å². The quantitative estimate of drug-likeness (QED) is 0.285. The lowest BCUT2D eigenvalue weighted by molar-refractivity contribution is 0.0943. The Balaban J connectivity index is 1.37. The molecule has 2 heterocycles. The molecule has 0 aliphatic rings. The summed E-state index contributed by atoms with van der Waals surface area (Å²) in [5.41, 5.74) is 10.3. The average molecular weight is 464 g/mol. The number of benzene rings is 3. The van der Waals surface area contributed by atoms with Gasteiger partial charge in [-0.15, -0.1) is 0 Å². The summed E-state index contributed by atoms with van der Waals surface area (Å²) < 4.78 is 1.92. The number of carbonyl (C=O) groups excluding carboxylic acids is 2. The number of fused-ring (bicyclic) bond motifs is 1. The molecule has 0 spiro atoms. The van der Waals surface area contributed by atoms with Crippen LogP contribution in [-0.4, -0.2) is 32.8 Å². The largest absolute Gasteiger partial charge is 0.366 e. The molecule has 0 radical (unpaired) electrons. The van der Waals surface area contributed by atoms with E-state index in [9.17, 15) is 9.59 Å². The number of hydrogen-bond acceptors (Lipinski definition) is 4. The van der Waals surface area contributed by atoms with Crippen LogP contribution in [0.1, 0.15) is 37.9 Å². The number of hydrogen-bond donors (Lipinski definition) is 3. The van der Waals surface area contributed by atoms with E-state index in [1.165, 1.54) is 0 Å². The monoisotopic (exact) mass is 463 g/mol. The molecule has 0 aliphatic carbocycles. The predicted octanol–water partition coefficient (Wildman–Crippen LogP) is 4.21. The standard InChI is InChI=1S/C28H25N5O2/c29-28(35)21-8-6-19(7-9-21)12-13-31-26(20-4-2-1-3-5-20)27(34)24-17-32-25-16-22(10-11-23(24)25)33-15-14-30-18-33/h1-11,14-18,26,31-32H,12-13H2,(H2,29,35)/t26-/m1/s1. The topological polar surface area (TPSA) is 106 Å². The lowest BCUT2D eigenvalue weighted by atomic mass is 9.96. The van der Waals surface area contributed by atoms with E-state index in [2.05, 4.69) is 15.3 Å². The Morgan fingerprint density at radius 1 is 1.03 bits per heavy atom. The van der Waals surface area contributed by atoms with Gasteiger partial charge in [-0.05, 0) is 41.8 Å². The number of carbonyl (C=O) groups is 2. The van der Waals surface area contributed by atoms with E-state index in [1.54, 1.807) is 30.9 Å². The van der Waals surface area contributed by atoms with Crippen molar-refractivity contribution < 1.29 is 9.59 Å². The van der Waals surface area contributed by atoms with Crippen LogP contribution in [0.25, 0.3) is 16.6 Å². The molecule has 0 fully saturated rings. The van der Waals surface area contributed by atoms with Crippen LogP contribution in [0.2, 0.25) is 0 Å². The van der Waals surface area contributed by atoms with Gasteiger partial charge in [-0.1, -0.05) is 48.5 Å². The van der Waals surface area contributed by atoms with E-state index in [4.69, 9.17) is 5.73 Å². The molecule has 35 heavy (non-hydrogen) atoms. The summed E-state index contributed by atoms with van der Waals surface area (Å²) in [5.74, 6) is -0.442. The highest BCUT2D eigenvalue weighted by Gasteiger charge is 2.24. The predicted molar refractivity (Wildman–Crippen MR) is 136 cm³/mol. The molecular formula is C28H25N5O2. The first-order valence-electron chi connectivity index (χ1n) is 11.4. The maximum absolute atomic E-state index is 13.7. The molecule has 0 bridgehead atoms. The molecule has 0 saturated carbocycles. The molecule has 7 heteroatoms. The molecule has 1 amide bonds. The Kier molecular flexibility index (Phi) is 6.24. The van der Waals surface area contributed by atoms with Crippen molar-refractivity contribution in [3.8, 4) is 5.69 Å². The van der Waals surface area contributed by atoms with Gasteiger partial charge < -0.3 is 20.6 Å². The molecule has 5 aromatic rings. The smallest absolute Gasteiger partial charge is 0.248 e. The van der Waals surface area contributed by atoms with E-state index >= 15 is 0 Å². The number of H-pyrrole nitrogens is 1. The van der Waals surface area contributed by atoms with Crippen molar-refractivity contribution in [1.29, 1.82) is 0 Å². The molecular weight excluding hydrogens is 438 g/mol. The number of rotatable bonds is 9. The fourth-order valence-electron chi connectivity index (χ4n) is 4.25. The van der Waals surface area contributed by atoms with E-state index in [1.807, 2.05) is 71.4 Å². The summed E-state index contributed by atoms with van der Waals surface area (Å²) in [7, 11) is 0. The minimum absolute atomic E-state index is 0.00177. The first-order valence-corrected chi connectivity index (χ1v) is 11.4. The first kappa shape index (κ1) is 22.3. The van der Waals surface area contributed by atoms with Gasteiger partial charge in [-0.25, -0.2) is 4.98 Å².